The predicted octanol–water partition coefficient (Wildman–Crippen LogP) is 4.33. The number of aryl methyl sites for hydroxylation is 2. The summed E-state index contributed by atoms with van der Waals surface area (Å²) in [6.07, 6.45) is 1.54. The van der Waals surface area contributed by atoms with Crippen molar-refractivity contribution in [1.29, 1.82) is 0 Å². The number of rotatable bonds is 6. The third-order valence-corrected chi connectivity index (χ3v) is 3.80. The molecule has 3 heteroatoms. The molecule has 0 saturated carbocycles. The molecular weight excluding hydrogens is 277 g/mol. The number of carbonyl (C=O) groups excluding carboxylic acids is 1. The highest BCUT2D eigenvalue weighted by Crippen LogP contribution is 2.17. The first-order valence-corrected chi connectivity index (χ1v) is 7.69. The fraction of sp³-hybridized carbons (Fsp3) is 0.316. The Morgan fingerprint density at radius 1 is 1.14 bits per heavy atom. The van der Waals surface area contributed by atoms with Crippen LogP contribution in [0.5, 0.6) is 0 Å². The van der Waals surface area contributed by atoms with Crippen LogP contribution in [0.15, 0.2) is 48.5 Å². The van der Waals surface area contributed by atoms with E-state index in [1.165, 1.54) is 11.6 Å². The van der Waals surface area contributed by atoms with Crippen molar-refractivity contribution in [1.82, 2.24) is 5.32 Å². The number of benzene rings is 2. The Bertz CT molecular complexity index is 622. The van der Waals surface area contributed by atoms with Gasteiger partial charge in [-0.25, -0.2) is 4.39 Å². The minimum atomic E-state index is -0.249. The van der Waals surface area contributed by atoms with E-state index in [9.17, 15) is 9.18 Å². The number of amides is 1. The molecule has 1 atom stereocenters. The molecule has 22 heavy (non-hydrogen) atoms. The molecule has 1 unspecified atom stereocenters. The molecule has 116 valence electrons. The highest BCUT2D eigenvalue weighted by Gasteiger charge is 2.13. The standard InChI is InChI=1S/C19H22FNO/c1-3-18(16-10-8-14(2)9-11-16)21-19(22)13-12-15-6-4-5-7-17(15)20/h4-11,18H,3,12-13H2,1-2H3,(H,21,22). The molecule has 0 heterocycles. The normalized spacial score (nSPS) is 12.0. The summed E-state index contributed by atoms with van der Waals surface area (Å²) in [5.41, 5.74) is 2.89. The van der Waals surface area contributed by atoms with Gasteiger partial charge in [0.15, 0.2) is 0 Å². The first kappa shape index (κ1) is 16.2. The number of hydrogen-bond donors (Lipinski definition) is 1. The molecule has 0 fully saturated rings. The van der Waals surface area contributed by atoms with Crippen LogP contribution in [0.2, 0.25) is 0 Å². The van der Waals surface area contributed by atoms with Crippen LogP contribution in [0, 0.1) is 12.7 Å². The zero-order valence-corrected chi connectivity index (χ0v) is 13.1. The Balaban J connectivity index is 1.92. The molecule has 2 aromatic rings. The van der Waals surface area contributed by atoms with Crippen molar-refractivity contribution in [2.75, 3.05) is 0 Å². The highest BCUT2D eigenvalue weighted by atomic mass is 19.1. The fourth-order valence-corrected chi connectivity index (χ4v) is 2.44. The minimum Gasteiger partial charge on any atom is -0.349 e. The molecule has 0 aliphatic carbocycles. The number of halogens is 1. The molecule has 2 rings (SSSR count). The third kappa shape index (κ3) is 4.42. The van der Waals surface area contributed by atoms with Crippen molar-refractivity contribution in [3.05, 3.63) is 71.0 Å². The Morgan fingerprint density at radius 3 is 2.45 bits per heavy atom. The monoisotopic (exact) mass is 299 g/mol. The Kier molecular flexibility index (Phi) is 5.70. The molecule has 0 radical (unpaired) electrons. The van der Waals surface area contributed by atoms with Crippen LogP contribution in [0.1, 0.15) is 42.5 Å². The average Bonchev–Trinajstić information content (AvgIpc) is 2.53. The Hall–Kier alpha value is -2.16. The van der Waals surface area contributed by atoms with Gasteiger partial charge in [0.1, 0.15) is 5.82 Å². The maximum atomic E-state index is 13.5. The zero-order valence-electron chi connectivity index (χ0n) is 13.1. The van der Waals surface area contributed by atoms with E-state index in [1.54, 1.807) is 18.2 Å². The second-order valence-electron chi connectivity index (χ2n) is 5.53. The maximum absolute atomic E-state index is 13.5. The van der Waals surface area contributed by atoms with E-state index in [1.807, 2.05) is 38.1 Å². The average molecular weight is 299 g/mol. The molecule has 0 aliphatic rings. The number of hydrogen-bond acceptors (Lipinski definition) is 1. The van der Waals surface area contributed by atoms with E-state index in [-0.39, 0.29) is 17.8 Å². The van der Waals surface area contributed by atoms with E-state index in [0.717, 1.165) is 12.0 Å². The fourth-order valence-electron chi connectivity index (χ4n) is 2.44. The number of carbonyl (C=O) groups is 1. The van der Waals surface area contributed by atoms with Crippen LogP contribution in [0.4, 0.5) is 4.39 Å². The summed E-state index contributed by atoms with van der Waals surface area (Å²) >= 11 is 0. The Morgan fingerprint density at radius 2 is 1.82 bits per heavy atom. The van der Waals surface area contributed by atoms with Crippen molar-refractivity contribution < 1.29 is 9.18 Å². The van der Waals surface area contributed by atoms with Crippen LogP contribution in [-0.4, -0.2) is 5.91 Å². The van der Waals surface area contributed by atoms with Crippen LogP contribution >= 0.6 is 0 Å². The third-order valence-electron chi connectivity index (χ3n) is 3.80. The van der Waals surface area contributed by atoms with Gasteiger partial charge in [-0.15, -0.1) is 0 Å². The lowest BCUT2D eigenvalue weighted by atomic mass is 10.0. The molecule has 0 spiro atoms. The van der Waals surface area contributed by atoms with Crippen LogP contribution in [-0.2, 0) is 11.2 Å². The summed E-state index contributed by atoms with van der Waals surface area (Å²) in [5.74, 6) is -0.295. The van der Waals surface area contributed by atoms with E-state index in [4.69, 9.17) is 0 Å². The van der Waals surface area contributed by atoms with Crippen LogP contribution < -0.4 is 5.32 Å². The molecular formula is C19H22FNO. The molecule has 0 aromatic heterocycles. The van der Waals surface area contributed by atoms with Gasteiger partial charge >= 0.3 is 0 Å². The predicted molar refractivity (Wildman–Crippen MR) is 87.1 cm³/mol. The van der Waals surface area contributed by atoms with Crippen molar-refractivity contribution in [3.8, 4) is 0 Å². The summed E-state index contributed by atoms with van der Waals surface area (Å²) in [5, 5.41) is 3.03. The topological polar surface area (TPSA) is 29.1 Å². The smallest absolute Gasteiger partial charge is 0.220 e. The molecule has 2 nitrogen and oxygen atoms in total. The van der Waals surface area contributed by atoms with E-state index >= 15 is 0 Å². The molecule has 1 N–H and O–H groups in total. The van der Waals surface area contributed by atoms with E-state index < -0.39 is 0 Å². The van der Waals surface area contributed by atoms with Gasteiger partial charge in [0.05, 0.1) is 6.04 Å². The van der Waals surface area contributed by atoms with Gasteiger partial charge in [0.25, 0.3) is 0 Å². The first-order chi connectivity index (χ1) is 10.6. The quantitative estimate of drug-likeness (QED) is 0.845. The van der Waals surface area contributed by atoms with E-state index in [0.29, 0.717) is 18.4 Å². The van der Waals surface area contributed by atoms with Crippen molar-refractivity contribution in [3.63, 3.8) is 0 Å². The summed E-state index contributed by atoms with van der Waals surface area (Å²) in [6.45, 7) is 4.08. The largest absolute Gasteiger partial charge is 0.349 e. The summed E-state index contributed by atoms with van der Waals surface area (Å²) < 4.78 is 13.5. The summed E-state index contributed by atoms with van der Waals surface area (Å²) in [6, 6.07) is 14.8. The lowest BCUT2D eigenvalue weighted by Crippen LogP contribution is -2.28. The van der Waals surface area contributed by atoms with E-state index in [2.05, 4.69) is 5.32 Å². The minimum absolute atomic E-state index is 0.00807. The first-order valence-electron chi connectivity index (χ1n) is 7.69. The molecule has 1 amide bonds. The van der Waals surface area contributed by atoms with Gasteiger partial charge in [-0.05, 0) is 37.0 Å². The molecule has 0 aliphatic heterocycles. The van der Waals surface area contributed by atoms with Gasteiger partial charge in [0.2, 0.25) is 5.91 Å². The highest BCUT2D eigenvalue weighted by molar-refractivity contribution is 5.76. The second kappa shape index (κ2) is 7.74. The van der Waals surface area contributed by atoms with Gasteiger partial charge < -0.3 is 5.32 Å². The van der Waals surface area contributed by atoms with Gasteiger partial charge in [-0.3, -0.25) is 4.79 Å². The summed E-state index contributed by atoms with van der Waals surface area (Å²) in [7, 11) is 0. The molecule has 0 saturated heterocycles. The van der Waals surface area contributed by atoms with Crippen LogP contribution in [0.25, 0.3) is 0 Å². The Labute approximate surface area is 131 Å². The lowest BCUT2D eigenvalue weighted by molar-refractivity contribution is -0.121. The van der Waals surface area contributed by atoms with Crippen LogP contribution in [0.3, 0.4) is 0 Å². The summed E-state index contributed by atoms with van der Waals surface area (Å²) in [4.78, 5) is 12.1. The second-order valence-corrected chi connectivity index (χ2v) is 5.53. The van der Waals surface area contributed by atoms with Gasteiger partial charge in [-0.2, -0.15) is 0 Å². The lowest BCUT2D eigenvalue weighted by Gasteiger charge is -2.18. The van der Waals surface area contributed by atoms with Crippen molar-refractivity contribution in [2.24, 2.45) is 0 Å². The van der Waals surface area contributed by atoms with Gasteiger partial charge in [-0.1, -0.05) is 55.0 Å². The zero-order chi connectivity index (χ0) is 15.9. The number of nitrogens with one attached hydrogen (secondary N) is 1. The van der Waals surface area contributed by atoms with Gasteiger partial charge in [0, 0.05) is 6.42 Å². The van der Waals surface area contributed by atoms with Crippen molar-refractivity contribution >= 4 is 5.91 Å². The maximum Gasteiger partial charge on any atom is 0.220 e. The molecule has 2 aromatic carbocycles. The van der Waals surface area contributed by atoms with Crippen molar-refractivity contribution in [2.45, 2.75) is 39.2 Å². The SMILES string of the molecule is CCC(NC(=O)CCc1ccccc1F)c1ccc(C)cc1. The molecule has 0 bridgehead atoms.